The summed E-state index contributed by atoms with van der Waals surface area (Å²) in [5.74, 6) is 0.707. The number of rotatable bonds is 6. The van der Waals surface area contributed by atoms with Gasteiger partial charge in [0.2, 0.25) is 0 Å². The Kier molecular flexibility index (Phi) is 5.12. The van der Waals surface area contributed by atoms with Gasteiger partial charge in [-0.3, -0.25) is 0 Å². The van der Waals surface area contributed by atoms with Crippen molar-refractivity contribution in [2.45, 2.75) is 33.6 Å². The smallest absolute Gasteiger partial charge is 0.0940 e. The van der Waals surface area contributed by atoms with Crippen molar-refractivity contribution in [2.75, 3.05) is 13.1 Å². The summed E-state index contributed by atoms with van der Waals surface area (Å²) in [5, 5.41) is 6.77. The summed E-state index contributed by atoms with van der Waals surface area (Å²) < 4.78 is 0. The number of nitrogens with one attached hydrogen (secondary N) is 1. The molecule has 0 aliphatic heterocycles. The van der Waals surface area contributed by atoms with Crippen LogP contribution in [0.3, 0.4) is 0 Å². The maximum Gasteiger partial charge on any atom is 0.0940 e. The van der Waals surface area contributed by atoms with Crippen LogP contribution in [-0.4, -0.2) is 18.1 Å². The topological polar surface area (TPSA) is 24.9 Å². The third kappa shape index (κ3) is 4.20. The van der Waals surface area contributed by atoms with Crippen LogP contribution in [0, 0.1) is 5.92 Å². The first-order valence-electron chi connectivity index (χ1n) is 5.36. The molecule has 0 atom stereocenters. The third-order valence-electron chi connectivity index (χ3n) is 1.98. The third-order valence-corrected chi connectivity index (χ3v) is 2.94. The molecule has 0 aliphatic rings. The van der Waals surface area contributed by atoms with Gasteiger partial charge in [-0.2, -0.15) is 0 Å². The van der Waals surface area contributed by atoms with Crippen molar-refractivity contribution in [1.29, 1.82) is 0 Å². The maximum absolute atomic E-state index is 4.60. The van der Waals surface area contributed by atoms with E-state index in [4.69, 9.17) is 0 Å². The zero-order chi connectivity index (χ0) is 10.4. The minimum absolute atomic E-state index is 0.707. The number of thiazole rings is 1. The Balaban J connectivity index is 2.35. The molecule has 0 amide bonds. The molecule has 0 aromatic carbocycles. The lowest BCUT2D eigenvalue weighted by molar-refractivity contribution is 0.635. The normalized spacial score (nSPS) is 11.1. The summed E-state index contributed by atoms with van der Waals surface area (Å²) in [6.07, 6.45) is 2.17. The second kappa shape index (κ2) is 6.14. The molecule has 1 heterocycles. The van der Waals surface area contributed by atoms with Crippen molar-refractivity contribution in [1.82, 2.24) is 10.3 Å². The van der Waals surface area contributed by atoms with Gasteiger partial charge in [0.05, 0.1) is 10.7 Å². The first-order valence-corrected chi connectivity index (χ1v) is 6.24. The summed E-state index contributed by atoms with van der Waals surface area (Å²) in [6, 6.07) is 0. The number of hydrogen-bond donors (Lipinski definition) is 1. The molecule has 0 spiro atoms. The van der Waals surface area contributed by atoms with E-state index in [0.29, 0.717) is 5.92 Å². The highest BCUT2D eigenvalue weighted by atomic mass is 32.1. The molecule has 2 nitrogen and oxygen atoms in total. The molecule has 1 aromatic heterocycles. The van der Waals surface area contributed by atoms with Gasteiger partial charge in [0, 0.05) is 18.3 Å². The molecule has 0 radical (unpaired) electrons. The van der Waals surface area contributed by atoms with E-state index in [0.717, 1.165) is 25.9 Å². The van der Waals surface area contributed by atoms with Crippen LogP contribution in [0.15, 0.2) is 5.38 Å². The monoisotopic (exact) mass is 212 g/mol. The van der Waals surface area contributed by atoms with Crippen molar-refractivity contribution in [3.8, 4) is 0 Å². The molecular weight excluding hydrogens is 192 g/mol. The van der Waals surface area contributed by atoms with E-state index in [2.05, 4.69) is 36.5 Å². The average molecular weight is 212 g/mol. The minimum Gasteiger partial charge on any atom is -0.317 e. The van der Waals surface area contributed by atoms with Gasteiger partial charge in [0.25, 0.3) is 0 Å². The molecule has 1 rings (SSSR count). The van der Waals surface area contributed by atoms with Gasteiger partial charge in [-0.15, -0.1) is 11.3 Å². The van der Waals surface area contributed by atoms with Crippen LogP contribution >= 0.6 is 11.3 Å². The average Bonchev–Trinajstić information content (AvgIpc) is 2.52. The molecule has 0 saturated heterocycles. The van der Waals surface area contributed by atoms with E-state index >= 15 is 0 Å². The van der Waals surface area contributed by atoms with E-state index in [1.807, 2.05) is 0 Å². The van der Waals surface area contributed by atoms with Crippen molar-refractivity contribution >= 4 is 11.3 Å². The summed E-state index contributed by atoms with van der Waals surface area (Å²) >= 11 is 1.79. The quantitative estimate of drug-likeness (QED) is 0.733. The number of nitrogens with zero attached hydrogens (tertiary/aromatic N) is 1. The Morgan fingerprint density at radius 3 is 2.93 bits per heavy atom. The predicted molar refractivity (Wildman–Crippen MR) is 62.9 cm³/mol. The standard InChI is InChI=1S/C11H20N2S/c1-4-12-6-5-11-13-10(8-14-11)7-9(2)3/h8-9,12H,4-7H2,1-3H3. The molecule has 0 saturated carbocycles. The molecule has 1 aromatic rings. The largest absolute Gasteiger partial charge is 0.317 e. The van der Waals surface area contributed by atoms with Gasteiger partial charge in [0.1, 0.15) is 0 Å². The van der Waals surface area contributed by atoms with Gasteiger partial charge in [0.15, 0.2) is 0 Å². The predicted octanol–water partition coefficient (Wildman–Crippen LogP) is 2.49. The fourth-order valence-electron chi connectivity index (χ4n) is 1.35. The van der Waals surface area contributed by atoms with E-state index in [9.17, 15) is 0 Å². The van der Waals surface area contributed by atoms with E-state index < -0.39 is 0 Å². The zero-order valence-corrected chi connectivity index (χ0v) is 10.2. The molecule has 0 fully saturated rings. The number of likely N-dealkylation sites (N-methyl/N-ethyl adjacent to an activating group) is 1. The van der Waals surface area contributed by atoms with Crippen LogP contribution in [0.1, 0.15) is 31.5 Å². The maximum atomic E-state index is 4.60. The van der Waals surface area contributed by atoms with Gasteiger partial charge >= 0.3 is 0 Å². The SMILES string of the molecule is CCNCCc1nc(CC(C)C)cs1. The Bertz CT molecular complexity index is 256. The summed E-state index contributed by atoms with van der Waals surface area (Å²) in [7, 11) is 0. The molecule has 80 valence electrons. The summed E-state index contributed by atoms with van der Waals surface area (Å²) in [4.78, 5) is 4.60. The fraction of sp³-hybridized carbons (Fsp3) is 0.727. The number of hydrogen-bond acceptors (Lipinski definition) is 3. The van der Waals surface area contributed by atoms with Crippen molar-refractivity contribution in [3.63, 3.8) is 0 Å². The zero-order valence-electron chi connectivity index (χ0n) is 9.34. The lowest BCUT2D eigenvalue weighted by atomic mass is 10.1. The van der Waals surface area contributed by atoms with E-state index in [1.54, 1.807) is 11.3 Å². The second-order valence-electron chi connectivity index (χ2n) is 3.93. The molecule has 0 unspecified atom stereocenters. The molecule has 14 heavy (non-hydrogen) atoms. The Hall–Kier alpha value is -0.410. The van der Waals surface area contributed by atoms with Crippen LogP contribution in [0.5, 0.6) is 0 Å². The molecule has 1 N–H and O–H groups in total. The summed E-state index contributed by atoms with van der Waals surface area (Å²) in [5.41, 5.74) is 1.26. The first-order chi connectivity index (χ1) is 6.72. The molecular formula is C11H20N2S. The highest BCUT2D eigenvalue weighted by Gasteiger charge is 2.03. The fourth-order valence-corrected chi connectivity index (χ4v) is 2.16. The van der Waals surface area contributed by atoms with Crippen molar-refractivity contribution in [3.05, 3.63) is 16.1 Å². The van der Waals surface area contributed by atoms with Gasteiger partial charge in [-0.05, 0) is 18.9 Å². The lowest BCUT2D eigenvalue weighted by Gasteiger charge is -1.99. The van der Waals surface area contributed by atoms with Crippen molar-refractivity contribution in [2.24, 2.45) is 5.92 Å². The molecule has 0 bridgehead atoms. The van der Waals surface area contributed by atoms with Crippen LogP contribution in [0.2, 0.25) is 0 Å². The second-order valence-corrected chi connectivity index (χ2v) is 4.88. The highest BCUT2D eigenvalue weighted by Crippen LogP contribution is 2.13. The Morgan fingerprint density at radius 1 is 1.50 bits per heavy atom. The number of aromatic nitrogens is 1. The summed E-state index contributed by atoms with van der Waals surface area (Å²) in [6.45, 7) is 8.69. The van der Waals surface area contributed by atoms with E-state index in [-0.39, 0.29) is 0 Å². The lowest BCUT2D eigenvalue weighted by Crippen LogP contribution is -2.15. The Labute approximate surface area is 90.8 Å². The van der Waals surface area contributed by atoms with E-state index in [1.165, 1.54) is 10.7 Å². The van der Waals surface area contributed by atoms with Crippen molar-refractivity contribution < 1.29 is 0 Å². The first kappa shape index (κ1) is 11.7. The van der Waals surface area contributed by atoms with Crippen LogP contribution in [-0.2, 0) is 12.8 Å². The van der Waals surface area contributed by atoms with Gasteiger partial charge in [-0.1, -0.05) is 20.8 Å². The highest BCUT2D eigenvalue weighted by molar-refractivity contribution is 7.09. The van der Waals surface area contributed by atoms with Crippen LogP contribution < -0.4 is 5.32 Å². The van der Waals surface area contributed by atoms with Gasteiger partial charge in [-0.25, -0.2) is 4.98 Å². The molecule has 3 heteroatoms. The Morgan fingerprint density at radius 2 is 2.29 bits per heavy atom. The molecule has 0 aliphatic carbocycles. The van der Waals surface area contributed by atoms with Gasteiger partial charge < -0.3 is 5.32 Å². The minimum atomic E-state index is 0.707. The van der Waals surface area contributed by atoms with Crippen LogP contribution in [0.4, 0.5) is 0 Å². The van der Waals surface area contributed by atoms with Crippen LogP contribution in [0.25, 0.3) is 0 Å².